The van der Waals surface area contributed by atoms with E-state index in [2.05, 4.69) is 28.6 Å². The zero-order valence-electron chi connectivity index (χ0n) is 14.6. The zero-order valence-corrected chi connectivity index (χ0v) is 16.2. The normalized spacial score (nSPS) is 20.5. The smallest absolute Gasteiger partial charge is 0.222 e. The lowest BCUT2D eigenvalue weighted by Gasteiger charge is -2.37. The van der Waals surface area contributed by atoms with Gasteiger partial charge in [0.15, 0.2) is 0 Å². The Hall–Kier alpha value is -2.50. The maximum atomic E-state index is 6.32. The minimum Gasteiger partial charge on any atom is -0.497 e. The van der Waals surface area contributed by atoms with Crippen molar-refractivity contribution in [3.05, 3.63) is 81.0 Å². The predicted molar refractivity (Wildman–Crippen MR) is 108 cm³/mol. The van der Waals surface area contributed by atoms with Crippen molar-refractivity contribution in [3.8, 4) is 11.5 Å². The number of hydrazone groups is 1. The molecule has 0 bridgehead atoms. The number of methoxy groups -OCH3 is 1. The average molecular weight is 397 g/mol. The maximum Gasteiger partial charge on any atom is 0.222 e. The van der Waals surface area contributed by atoms with Gasteiger partial charge in [0.25, 0.3) is 0 Å². The molecule has 6 heteroatoms. The average Bonchev–Trinajstić information content (AvgIpc) is 3.38. The fourth-order valence-corrected chi connectivity index (χ4v) is 4.56. The molecule has 3 aromatic rings. The molecule has 0 aliphatic carbocycles. The Kier molecular flexibility index (Phi) is 4.06. The number of rotatable bonds is 3. The molecule has 2 atom stereocenters. The van der Waals surface area contributed by atoms with Crippen molar-refractivity contribution in [2.24, 2.45) is 5.10 Å². The monoisotopic (exact) mass is 396 g/mol. The molecule has 2 unspecified atom stereocenters. The van der Waals surface area contributed by atoms with E-state index in [1.165, 1.54) is 0 Å². The van der Waals surface area contributed by atoms with Crippen LogP contribution in [0.2, 0.25) is 5.02 Å². The fraction of sp³-hybridized carbons (Fsp3) is 0.190. The van der Waals surface area contributed by atoms with Crippen molar-refractivity contribution in [1.29, 1.82) is 0 Å². The van der Waals surface area contributed by atoms with Crippen LogP contribution < -0.4 is 9.47 Å². The highest BCUT2D eigenvalue weighted by atomic mass is 35.5. The topological polar surface area (TPSA) is 34.1 Å². The molecule has 27 heavy (non-hydrogen) atoms. The molecule has 2 aliphatic rings. The first kappa shape index (κ1) is 16.7. The number of benzene rings is 2. The van der Waals surface area contributed by atoms with Crippen LogP contribution in [0.5, 0.6) is 11.5 Å². The summed E-state index contributed by atoms with van der Waals surface area (Å²) in [7, 11) is 1.67. The molecule has 5 rings (SSSR count). The first-order valence-electron chi connectivity index (χ1n) is 8.72. The molecule has 0 radical (unpaired) electrons. The van der Waals surface area contributed by atoms with E-state index in [0.29, 0.717) is 5.02 Å². The van der Waals surface area contributed by atoms with E-state index in [1.807, 2.05) is 36.4 Å². The summed E-state index contributed by atoms with van der Waals surface area (Å²) in [4.78, 5) is 1.14. The molecule has 3 heterocycles. The van der Waals surface area contributed by atoms with Crippen LogP contribution in [-0.4, -0.2) is 17.8 Å². The number of hydrogen-bond acceptors (Lipinski definition) is 5. The number of hydrogen-bond donors (Lipinski definition) is 0. The van der Waals surface area contributed by atoms with Gasteiger partial charge in [0.2, 0.25) is 6.23 Å². The zero-order chi connectivity index (χ0) is 18.4. The Morgan fingerprint density at radius 3 is 2.78 bits per heavy atom. The van der Waals surface area contributed by atoms with E-state index in [4.69, 9.17) is 26.2 Å². The highest BCUT2D eigenvalue weighted by molar-refractivity contribution is 7.10. The third-order valence-corrected chi connectivity index (χ3v) is 6.10. The van der Waals surface area contributed by atoms with Crippen LogP contribution in [0.4, 0.5) is 0 Å². The molecule has 2 aliphatic heterocycles. The number of nitrogens with zero attached hydrogens (tertiary/aromatic N) is 2. The Balaban J connectivity index is 1.57. The maximum absolute atomic E-state index is 6.32. The Morgan fingerprint density at radius 2 is 2.04 bits per heavy atom. The third-order valence-electron chi connectivity index (χ3n) is 4.96. The summed E-state index contributed by atoms with van der Waals surface area (Å²) in [6.45, 7) is 0. The second kappa shape index (κ2) is 6.59. The van der Waals surface area contributed by atoms with Crippen LogP contribution in [0.25, 0.3) is 0 Å². The van der Waals surface area contributed by atoms with Gasteiger partial charge >= 0.3 is 0 Å². The van der Waals surface area contributed by atoms with Crippen LogP contribution in [0.3, 0.4) is 0 Å². The standard InChI is InChI=1S/C21H17ClN2O2S/c1-25-15-7-4-13(5-8-15)17-12-18-16-11-14(22)6-9-19(16)26-21(24(18)23-17)20-3-2-10-27-20/h2-11,18,21H,12H2,1H3. The molecule has 0 N–H and O–H groups in total. The molecule has 0 amide bonds. The molecule has 0 saturated carbocycles. The van der Waals surface area contributed by atoms with Gasteiger partial charge in [-0.25, -0.2) is 5.01 Å². The molecule has 0 saturated heterocycles. The molecular formula is C21H17ClN2O2S. The van der Waals surface area contributed by atoms with Crippen LogP contribution in [0.15, 0.2) is 65.1 Å². The molecule has 136 valence electrons. The third kappa shape index (κ3) is 2.87. The predicted octanol–water partition coefficient (Wildman–Crippen LogP) is 5.65. The second-order valence-electron chi connectivity index (χ2n) is 6.54. The number of halogens is 1. The SMILES string of the molecule is COc1ccc(C2=NN3C(C2)c2cc(Cl)ccc2OC3c2cccs2)cc1. The van der Waals surface area contributed by atoms with Crippen LogP contribution >= 0.6 is 22.9 Å². The summed E-state index contributed by atoms with van der Waals surface area (Å²) in [6, 6.07) is 18.1. The molecule has 2 aromatic carbocycles. The summed E-state index contributed by atoms with van der Waals surface area (Å²) >= 11 is 7.95. The first-order chi connectivity index (χ1) is 13.2. The van der Waals surface area contributed by atoms with Crippen molar-refractivity contribution in [2.75, 3.05) is 7.11 Å². The summed E-state index contributed by atoms with van der Waals surface area (Å²) in [5.41, 5.74) is 3.22. The lowest BCUT2D eigenvalue weighted by molar-refractivity contribution is -0.0165. The van der Waals surface area contributed by atoms with E-state index < -0.39 is 0 Å². The van der Waals surface area contributed by atoms with Gasteiger partial charge < -0.3 is 9.47 Å². The van der Waals surface area contributed by atoms with Gasteiger partial charge in [-0.3, -0.25) is 0 Å². The minimum absolute atomic E-state index is 0.108. The van der Waals surface area contributed by atoms with Crippen molar-refractivity contribution in [2.45, 2.75) is 18.7 Å². The van der Waals surface area contributed by atoms with Gasteiger partial charge in [-0.2, -0.15) is 5.10 Å². The van der Waals surface area contributed by atoms with Crippen molar-refractivity contribution in [1.82, 2.24) is 5.01 Å². The Morgan fingerprint density at radius 1 is 1.19 bits per heavy atom. The van der Waals surface area contributed by atoms with Crippen LogP contribution in [0, 0.1) is 0 Å². The fourth-order valence-electron chi connectivity index (χ4n) is 3.64. The summed E-state index contributed by atoms with van der Waals surface area (Å²) in [6.07, 6.45) is 0.588. The van der Waals surface area contributed by atoms with E-state index in [0.717, 1.165) is 39.6 Å². The minimum atomic E-state index is -0.223. The van der Waals surface area contributed by atoms with E-state index >= 15 is 0 Å². The number of thiophene rings is 1. The molecular weight excluding hydrogens is 380 g/mol. The molecule has 1 aromatic heterocycles. The van der Waals surface area contributed by atoms with Crippen molar-refractivity contribution in [3.63, 3.8) is 0 Å². The lowest BCUT2D eigenvalue weighted by Crippen LogP contribution is -2.33. The number of fused-ring (bicyclic) bond motifs is 3. The van der Waals surface area contributed by atoms with E-state index in [-0.39, 0.29) is 12.3 Å². The first-order valence-corrected chi connectivity index (χ1v) is 9.98. The van der Waals surface area contributed by atoms with Crippen LogP contribution in [-0.2, 0) is 0 Å². The highest BCUT2D eigenvalue weighted by Gasteiger charge is 2.41. The molecule has 0 spiro atoms. The lowest BCUT2D eigenvalue weighted by atomic mass is 9.96. The summed E-state index contributed by atoms with van der Waals surface area (Å²) < 4.78 is 11.6. The second-order valence-corrected chi connectivity index (χ2v) is 7.96. The van der Waals surface area contributed by atoms with Gasteiger partial charge in [0, 0.05) is 17.0 Å². The van der Waals surface area contributed by atoms with Gasteiger partial charge in [0.1, 0.15) is 11.5 Å². The number of ether oxygens (including phenoxy) is 2. The van der Waals surface area contributed by atoms with E-state index in [9.17, 15) is 0 Å². The largest absolute Gasteiger partial charge is 0.497 e. The quantitative estimate of drug-likeness (QED) is 0.573. The Bertz CT molecular complexity index is 1000. The van der Waals surface area contributed by atoms with Crippen molar-refractivity contribution >= 4 is 28.6 Å². The summed E-state index contributed by atoms with van der Waals surface area (Å²) in [5, 5.41) is 9.80. The van der Waals surface area contributed by atoms with Gasteiger partial charge in [-0.15, -0.1) is 11.3 Å². The van der Waals surface area contributed by atoms with Crippen molar-refractivity contribution < 1.29 is 9.47 Å². The molecule has 4 nitrogen and oxygen atoms in total. The highest BCUT2D eigenvalue weighted by Crippen LogP contribution is 2.48. The van der Waals surface area contributed by atoms with E-state index in [1.54, 1.807) is 18.4 Å². The van der Waals surface area contributed by atoms with Crippen LogP contribution in [0.1, 0.15) is 34.7 Å². The summed E-state index contributed by atoms with van der Waals surface area (Å²) in [5.74, 6) is 1.72. The van der Waals surface area contributed by atoms with Gasteiger partial charge in [-0.05, 0) is 59.5 Å². The van der Waals surface area contributed by atoms with Gasteiger partial charge in [-0.1, -0.05) is 17.7 Å². The van der Waals surface area contributed by atoms with Gasteiger partial charge in [0.05, 0.1) is 23.7 Å². The molecule has 0 fully saturated rings. The Labute approximate surface area is 166 Å².